The molecule has 1 aliphatic heterocycles. The van der Waals surface area contributed by atoms with E-state index >= 15 is 0 Å². The van der Waals surface area contributed by atoms with Gasteiger partial charge in [-0.25, -0.2) is 0 Å². The molecule has 3 heteroatoms. The van der Waals surface area contributed by atoms with Crippen molar-refractivity contribution in [1.29, 1.82) is 0 Å². The molecule has 1 saturated carbocycles. The number of nitrogens with one attached hydrogen (secondary N) is 1. The van der Waals surface area contributed by atoms with Crippen molar-refractivity contribution >= 4 is 0 Å². The van der Waals surface area contributed by atoms with Gasteiger partial charge in [-0.1, -0.05) is 25.7 Å². The number of likely N-dealkylation sites (tertiary alicyclic amines) is 1. The zero-order valence-electron chi connectivity index (χ0n) is 11.9. The third-order valence-electron chi connectivity index (χ3n) is 4.79. The van der Waals surface area contributed by atoms with Gasteiger partial charge in [0.2, 0.25) is 0 Å². The molecule has 2 rings (SSSR count). The Morgan fingerprint density at radius 3 is 2.39 bits per heavy atom. The highest BCUT2D eigenvalue weighted by Crippen LogP contribution is 2.27. The van der Waals surface area contributed by atoms with Crippen molar-refractivity contribution in [2.45, 2.75) is 44.9 Å². The monoisotopic (exact) mass is 253 g/mol. The Morgan fingerprint density at radius 2 is 1.72 bits per heavy atom. The Labute approximate surface area is 112 Å². The van der Waals surface area contributed by atoms with Crippen LogP contribution in [0.1, 0.15) is 44.9 Å². The van der Waals surface area contributed by atoms with E-state index < -0.39 is 0 Å². The van der Waals surface area contributed by atoms with Crippen molar-refractivity contribution in [3.8, 4) is 0 Å². The van der Waals surface area contributed by atoms with Crippen LogP contribution in [0.3, 0.4) is 0 Å². The van der Waals surface area contributed by atoms with Crippen LogP contribution in [0.15, 0.2) is 0 Å². The van der Waals surface area contributed by atoms with Crippen molar-refractivity contribution in [2.24, 2.45) is 17.6 Å². The van der Waals surface area contributed by atoms with E-state index in [2.05, 4.69) is 10.2 Å². The van der Waals surface area contributed by atoms with E-state index in [1.165, 1.54) is 71.1 Å². The molecule has 0 bridgehead atoms. The first-order chi connectivity index (χ1) is 8.88. The molecule has 18 heavy (non-hydrogen) atoms. The number of nitrogens with two attached hydrogens (primary N) is 1. The van der Waals surface area contributed by atoms with Crippen LogP contribution in [0.5, 0.6) is 0 Å². The highest BCUT2D eigenvalue weighted by Gasteiger charge is 2.18. The van der Waals surface area contributed by atoms with E-state index in [4.69, 9.17) is 5.73 Å². The maximum atomic E-state index is 5.60. The van der Waals surface area contributed by atoms with Gasteiger partial charge in [0.05, 0.1) is 0 Å². The molecule has 1 aliphatic carbocycles. The molecule has 1 heterocycles. The number of hydrogen-bond acceptors (Lipinski definition) is 3. The van der Waals surface area contributed by atoms with Gasteiger partial charge in [0.1, 0.15) is 0 Å². The molecule has 0 radical (unpaired) electrons. The average molecular weight is 253 g/mol. The molecule has 3 N–H and O–H groups in total. The van der Waals surface area contributed by atoms with Crippen molar-refractivity contribution < 1.29 is 0 Å². The summed E-state index contributed by atoms with van der Waals surface area (Å²) >= 11 is 0. The normalized spacial score (nSPS) is 23.8. The standard InChI is InChI=1S/C15H31N3/c16-8-12-18-10-6-15(7-11-18)13-17-9-5-14-3-1-2-4-14/h14-15,17H,1-13,16H2. The van der Waals surface area contributed by atoms with E-state index in [9.17, 15) is 0 Å². The lowest BCUT2D eigenvalue weighted by atomic mass is 9.96. The van der Waals surface area contributed by atoms with Crippen molar-refractivity contribution in [3.05, 3.63) is 0 Å². The molecule has 0 aromatic heterocycles. The lowest BCUT2D eigenvalue weighted by Gasteiger charge is -2.31. The van der Waals surface area contributed by atoms with Gasteiger partial charge in [-0.2, -0.15) is 0 Å². The molecular formula is C15H31N3. The van der Waals surface area contributed by atoms with Crippen molar-refractivity contribution in [3.63, 3.8) is 0 Å². The smallest absolute Gasteiger partial charge is 0.0105 e. The lowest BCUT2D eigenvalue weighted by Crippen LogP contribution is -2.39. The summed E-state index contributed by atoms with van der Waals surface area (Å²) in [7, 11) is 0. The van der Waals surface area contributed by atoms with Crippen molar-refractivity contribution in [1.82, 2.24) is 10.2 Å². The van der Waals surface area contributed by atoms with E-state index in [-0.39, 0.29) is 0 Å². The molecule has 1 saturated heterocycles. The predicted octanol–water partition coefficient (Wildman–Crippen LogP) is 1.83. The van der Waals surface area contributed by atoms with Crippen LogP contribution in [0, 0.1) is 11.8 Å². The second-order valence-electron chi connectivity index (χ2n) is 6.22. The van der Waals surface area contributed by atoms with Gasteiger partial charge >= 0.3 is 0 Å². The maximum Gasteiger partial charge on any atom is 0.0105 e. The summed E-state index contributed by atoms with van der Waals surface area (Å²) in [5.41, 5.74) is 5.60. The van der Waals surface area contributed by atoms with E-state index in [0.29, 0.717) is 0 Å². The molecule has 2 aliphatic rings. The van der Waals surface area contributed by atoms with Crippen LogP contribution >= 0.6 is 0 Å². The van der Waals surface area contributed by atoms with Crippen LogP contribution in [0.4, 0.5) is 0 Å². The Bertz CT molecular complexity index is 206. The Morgan fingerprint density at radius 1 is 1.00 bits per heavy atom. The highest BCUT2D eigenvalue weighted by molar-refractivity contribution is 4.74. The summed E-state index contributed by atoms with van der Waals surface area (Å²) in [4.78, 5) is 2.51. The Hall–Kier alpha value is -0.120. The van der Waals surface area contributed by atoms with Gasteiger partial charge in [0.25, 0.3) is 0 Å². The van der Waals surface area contributed by atoms with Crippen LogP contribution in [0.25, 0.3) is 0 Å². The van der Waals surface area contributed by atoms with Gasteiger partial charge in [-0.15, -0.1) is 0 Å². The zero-order valence-corrected chi connectivity index (χ0v) is 11.9. The minimum atomic E-state index is 0.810. The molecule has 0 atom stereocenters. The van der Waals surface area contributed by atoms with Gasteiger partial charge in [-0.05, 0) is 57.3 Å². The summed E-state index contributed by atoms with van der Waals surface area (Å²) in [6.07, 6.45) is 10.0. The fourth-order valence-electron chi connectivity index (χ4n) is 3.51. The summed E-state index contributed by atoms with van der Waals surface area (Å²) in [5.74, 6) is 1.94. The molecule has 0 amide bonds. The molecule has 0 aromatic carbocycles. The summed E-state index contributed by atoms with van der Waals surface area (Å²) in [5, 5.41) is 3.69. The second kappa shape index (κ2) is 8.13. The molecule has 0 spiro atoms. The fraction of sp³-hybridized carbons (Fsp3) is 1.00. The molecule has 2 fully saturated rings. The predicted molar refractivity (Wildman–Crippen MR) is 77.7 cm³/mol. The van der Waals surface area contributed by atoms with Gasteiger partial charge < -0.3 is 16.0 Å². The number of nitrogens with zero attached hydrogens (tertiary/aromatic N) is 1. The quantitative estimate of drug-likeness (QED) is 0.680. The molecule has 0 unspecified atom stereocenters. The lowest BCUT2D eigenvalue weighted by molar-refractivity contribution is 0.186. The van der Waals surface area contributed by atoms with E-state index in [1.54, 1.807) is 0 Å². The second-order valence-corrected chi connectivity index (χ2v) is 6.22. The minimum Gasteiger partial charge on any atom is -0.329 e. The Kier molecular flexibility index (Phi) is 6.46. The van der Waals surface area contributed by atoms with E-state index in [0.717, 1.165) is 24.9 Å². The molecule has 106 valence electrons. The van der Waals surface area contributed by atoms with Crippen LogP contribution in [-0.4, -0.2) is 44.2 Å². The first kappa shape index (κ1) is 14.3. The third-order valence-corrected chi connectivity index (χ3v) is 4.79. The summed E-state index contributed by atoms with van der Waals surface area (Å²) < 4.78 is 0. The van der Waals surface area contributed by atoms with Crippen LogP contribution in [0.2, 0.25) is 0 Å². The molecule has 3 nitrogen and oxygen atoms in total. The summed E-state index contributed by atoms with van der Waals surface area (Å²) in [6, 6.07) is 0. The Balaban J connectivity index is 1.47. The van der Waals surface area contributed by atoms with E-state index in [1.807, 2.05) is 0 Å². The number of piperidine rings is 1. The van der Waals surface area contributed by atoms with Crippen LogP contribution < -0.4 is 11.1 Å². The topological polar surface area (TPSA) is 41.3 Å². The molecule has 0 aromatic rings. The van der Waals surface area contributed by atoms with Crippen molar-refractivity contribution in [2.75, 3.05) is 39.3 Å². The largest absolute Gasteiger partial charge is 0.329 e. The maximum absolute atomic E-state index is 5.60. The fourth-order valence-corrected chi connectivity index (χ4v) is 3.51. The SMILES string of the molecule is NCCN1CCC(CNCCC2CCCC2)CC1. The molecular weight excluding hydrogens is 222 g/mol. The van der Waals surface area contributed by atoms with Gasteiger partial charge in [0, 0.05) is 13.1 Å². The van der Waals surface area contributed by atoms with Crippen LogP contribution in [-0.2, 0) is 0 Å². The number of rotatable bonds is 7. The minimum absolute atomic E-state index is 0.810. The summed E-state index contributed by atoms with van der Waals surface area (Å²) in [6.45, 7) is 6.89. The first-order valence-electron chi connectivity index (χ1n) is 8.01. The van der Waals surface area contributed by atoms with Gasteiger partial charge in [0.15, 0.2) is 0 Å². The first-order valence-corrected chi connectivity index (χ1v) is 8.01. The zero-order chi connectivity index (χ0) is 12.6. The van der Waals surface area contributed by atoms with Gasteiger partial charge in [-0.3, -0.25) is 0 Å². The highest BCUT2D eigenvalue weighted by atomic mass is 15.1. The average Bonchev–Trinajstić information content (AvgIpc) is 2.90. The number of hydrogen-bond donors (Lipinski definition) is 2. The third kappa shape index (κ3) is 4.87.